The molecule has 0 unspecified atom stereocenters. The third-order valence-electron chi connectivity index (χ3n) is 8.99. The molecule has 2 amide bonds. The second-order valence-corrected chi connectivity index (χ2v) is 11.8. The smallest absolute Gasteiger partial charge is 0.417 e. The number of benzene rings is 4. The average Bonchev–Trinajstić information content (AvgIpc) is 3.95. The molecule has 0 radical (unpaired) electrons. The van der Waals surface area contributed by atoms with E-state index in [0.29, 0.717) is 46.1 Å². The zero-order chi connectivity index (χ0) is 32.4. The number of hydrogen-bond acceptors (Lipinski definition) is 8. The first-order valence-electron chi connectivity index (χ1n) is 15.5. The van der Waals surface area contributed by atoms with Crippen LogP contribution in [0, 0.1) is 0 Å². The van der Waals surface area contributed by atoms with Gasteiger partial charge in [-0.05, 0) is 29.3 Å². The summed E-state index contributed by atoms with van der Waals surface area (Å²) in [5.74, 6) is 1.12. The van der Waals surface area contributed by atoms with Crippen LogP contribution in [0.4, 0.5) is 4.79 Å². The van der Waals surface area contributed by atoms with E-state index in [1.807, 2.05) is 83.4 Å². The van der Waals surface area contributed by atoms with Gasteiger partial charge in [-0.2, -0.15) is 0 Å². The molecule has 1 saturated heterocycles. The molecule has 0 spiro atoms. The summed E-state index contributed by atoms with van der Waals surface area (Å²) in [6.45, 7) is 0.928. The molecule has 9 rings (SSSR count). The fourth-order valence-corrected chi connectivity index (χ4v) is 6.73. The standard InChI is InChI=1S/C37H27N3O8/c41-35(28-13-24-14-29-31(47-20-45-29)16-26(24)39(28)18-22-7-3-1-4-8-22)33-25-15-30-32(48-21-46-30)17-27(25)40(19-23-9-5-2-6-10-23)34(33)36(42)38-11-12-44-37(38)43/h1-10,13-17H,11-12,18-21H2. The summed E-state index contributed by atoms with van der Waals surface area (Å²) in [5.41, 5.74) is 3.83. The molecular weight excluding hydrogens is 614 g/mol. The van der Waals surface area contributed by atoms with Crippen molar-refractivity contribution in [3.05, 3.63) is 119 Å². The number of amides is 2. The molecule has 0 bridgehead atoms. The Morgan fingerprint density at radius 2 is 1.23 bits per heavy atom. The zero-order valence-electron chi connectivity index (χ0n) is 25.5. The maximum atomic E-state index is 15.2. The predicted molar refractivity (Wildman–Crippen MR) is 173 cm³/mol. The molecule has 0 aliphatic carbocycles. The van der Waals surface area contributed by atoms with Gasteiger partial charge in [0, 0.05) is 36.0 Å². The number of hydrogen-bond donors (Lipinski definition) is 0. The molecule has 0 atom stereocenters. The summed E-state index contributed by atoms with van der Waals surface area (Å²) in [6, 6.07) is 28.5. The molecule has 4 aromatic carbocycles. The van der Waals surface area contributed by atoms with Crippen molar-refractivity contribution in [2.45, 2.75) is 13.1 Å². The fourth-order valence-electron chi connectivity index (χ4n) is 6.73. The van der Waals surface area contributed by atoms with Crippen molar-refractivity contribution in [2.24, 2.45) is 0 Å². The fraction of sp³-hybridized carbons (Fsp3) is 0.162. The maximum Gasteiger partial charge on any atom is 0.417 e. The zero-order valence-corrected chi connectivity index (χ0v) is 25.5. The normalized spacial score (nSPS) is 14.7. The highest BCUT2D eigenvalue weighted by atomic mass is 16.7. The topological polar surface area (TPSA) is 110 Å². The number of aromatic nitrogens is 2. The van der Waals surface area contributed by atoms with Gasteiger partial charge in [0.1, 0.15) is 12.3 Å². The molecule has 1 fully saturated rings. The summed E-state index contributed by atoms with van der Waals surface area (Å²) >= 11 is 0. The van der Waals surface area contributed by atoms with Gasteiger partial charge in [0.25, 0.3) is 5.91 Å². The molecule has 11 heteroatoms. The number of ether oxygens (including phenoxy) is 5. The number of cyclic esters (lactones) is 1. The lowest BCUT2D eigenvalue weighted by Gasteiger charge is -2.16. The number of fused-ring (bicyclic) bond motifs is 4. The van der Waals surface area contributed by atoms with Crippen molar-refractivity contribution in [1.29, 1.82) is 0 Å². The second-order valence-electron chi connectivity index (χ2n) is 11.8. The van der Waals surface area contributed by atoms with Gasteiger partial charge in [-0.25, -0.2) is 9.69 Å². The average molecular weight is 642 g/mol. The Kier molecular flexibility index (Phi) is 6.39. The van der Waals surface area contributed by atoms with Crippen LogP contribution in [0.3, 0.4) is 0 Å². The number of carbonyl (C=O) groups excluding carboxylic acids is 3. The van der Waals surface area contributed by atoms with Gasteiger partial charge in [0.05, 0.1) is 28.8 Å². The first-order chi connectivity index (χ1) is 23.5. The summed E-state index contributed by atoms with van der Waals surface area (Å²) in [6.07, 6.45) is -0.753. The molecule has 2 aromatic heterocycles. The van der Waals surface area contributed by atoms with Crippen molar-refractivity contribution in [2.75, 3.05) is 26.7 Å². The van der Waals surface area contributed by atoms with Gasteiger partial charge in [-0.1, -0.05) is 60.7 Å². The van der Waals surface area contributed by atoms with Crippen LogP contribution in [0.15, 0.2) is 91.0 Å². The number of nitrogens with zero attached hydrogens (tertiary/aromatic N) is 3. The van der Waals surface area contributed by atoms with E-state index in [1.54, 1.807) is 16.7 Å². The van der Waals surface area contributed by atoms with Crippen LogP contribution >= 0.6 is 0 Å². The molecule has 48 heavy (non-hydrogen) atoms. The van der Waals surface area contributed by atoms with Gasteiger partial charge in [0.2, 0.25) is 19.4 Å². The van der Waals surface area contributed by atoms with Crippen LogP contribution in [-0.4, -0.2) is 58.6 Å². The van der Waals surface area contributed by atoms with E-state index in [0.717, 1.165) is 26.9 Å². The minimum absolute atomic E-state index is 0.0371. The van der Waals surface area contributed by atoms with E-state index in [1.165, 1.54) is 0 Å². The lowest BCUT2D eigenvalue weighted by atomic mass is 10.0. The summed E-state index contributed by atoms with van der Waals surface area (Å²) < 4.78 is 31.7. The van der Waals surface area contributed by atoms with E-state index in [2.05, 4.69) is 0 Å². The minimum Gasteiger partial charge on any atom is -0.454 e. The van der Waals surface area contributed by atoms with Crippen molar-refractivity contribution in [1.82, 2.24) is 14.0 Å². The summed E-state index contributed by atoms with van der Waals surface area (Å²) in [5, 5.41) is 1.28. The molecule has 0 N–H and O–H groups in total. The number of carbonyl (C=O) groups is 3. The largest absolute Gasteiger partial charge is 0.454 e. The van der Waals surface area contributed by atoms with Gasteiger partial charge < -0.3 is 32.8 Å². The Balaban J connectivity index is 1.31. The van der Waals surface area contributed by atoms with Crippen molar-refractivity contribution in [3.8, 4) is 23.0 Å². The Morgan fingerprint density at radius 1 is 0.646 bits per heavy atom. The van der Waals surface area contributed by atoms with Crippen LogP contribution in [0.1, 0.15) is 37.7 Å². The molecule has 5 heterocycles. The molecule has 6 aromatic rings. The van der Waals surface area contributed by atoms with E-state index in [9.17, 15) is 9.59 Å². The van der Waals surface area contributed by atoms with Crippen LogP contribution in [0.5, 0.6) is 23.0 Å². The molecule has 3 aliphatic rings. The monoisotopic (exact) mass is 641 g/mol. The number of ketones is 1. The van der Waals surface area contributed by atoms with Gasteiger partial charge in [0.15, 0.2) is 23.0 Å². The lowest BCUT2D eigenvalue weighted by molar-refractivity contribution is 0.0794. The summed E-state index contributed by atoms with van der Waals surface area (Å²) in [7, 11) is 0. The first-order valence-corrected chi connectivity index (χ1v) is 15.5. The SMILES string of the molecule is O=C(c1c(C(=O)N2CCOC2=O)n(Cc2ccccc2)c2cc3c(cc12)OCO3)c1cc2cc3c(cc2n1Cc1ccccc1)OCO3. The predicted octanol–water partition coefficient (Wildman–Crippen LogP) is 5.97. The highest BCUT2D eigenvalue weighted by Gasteiger charge is 2.38. The minimum atomic E-state index is -0.753. The maximum absolute atomic E-state index is 15.2. The van der Waals surface area contributed by atoms with Crippen molar-refractivity contribution in [3.63, 3.8) is 0 Å². The van der Waals surface area contributed by atoms with E-state index < -0.39 is 17.8 Å². The molecular formula is C37H27N3O8. The molecule has 0 saturated carbocycles. The second kappa shape index (κ2) is 10.9. The van der Waals surface area contributed by atoms with E-state index in [4.69, 9.17) is 23.7 Å². The Morgan fingerprint density at radius 3 is 1.85 bits per heavy atom. The Hall–Kier alpha value is -6.23. The highest BCUT2D eigenvalue weighted by molar-refractivity contribution is 6.24. The molecule has 3 aliphatic heterocycles. The number of imide groups is 1. The third-order valence-corrected chi connectivity index (χ3v) is 8.99. The summed E-state index contributed by atoms with van der Waals surface area (Å²) in [4.78, 5) is 43.5. The quantitative estimate of drug-likeness (QED) is 0.196. The van der Waals surface area contributed by atoms with Gasteiger partial charge in [-0.15, -0.1) is 0 Å². The number of rotatable bonds is 7. The molecule has 238 valence electrons. The van der Waals surface area contributed by atoms with Crippen molar-refractivity contribution < 1.29 is 38.1 Å². The van der Waals surface area contributed by atoms with Crippen LogP contribution in [0.25, 0.3) is 21.8 Å². The van der Waals surface area contributed by atoms with E-state index >= 15 is 4.79 Å². The molecule has 11 nitrogen and oxygen atoms in total. The lowest BCUT2D eigenvalue weighted by Crippen LogP contribution is -2.34. The van der Waals surface area contributed by atoms with Crippen molar-refractivity contribution >= 4 is 39.6 Å². The van der Waals surface area contributed by atoms with Crippen LogP contribution in [0.2, 0.25) is 0 Å². The van der Waals surface area contributed by atoms with Gasteiger partial charge in [-0.3, -0.25) is 9.59 Å². The Labute approximate surface area is 273 Å². The van der Waals surface area contributed by atoms with Gasteiger partial charge >= 0.3 is 6.09 Å². The third kappa shape index (κ3) is 4.46. The first kappa shape index (κ1) is 28.0. The van der Waals surface area contributed by atoms with E-state index in [-0.39, 0.29) is 44.5 Å². The van der Waals surface area contributed by atoms with Crippen LogP contribution in [-0.2, 0) is 17.8 Å². The highest BCUT2D eigenvalue weighted by Crippen LogP contribution is 2.42. The van der Waals surface area contributed by atoms with Crippen LogP contribution < -0.4 is 18.9 Å². The Bertz CT molecular complexity index is 2290.